The van der Waals surface area contributed by atoms with E-state index in [0.717, 1.165) is 12.8 Å². The number of anilines is 1. The summed E-state index contributed by atoms with van der Waals surface area (Å²) in [7, 11) is 0. The molecule has 0 bridgehead atoms. The molecule has 1 N–H and O–H groups in total. The minimum atomic E-state index is -0.298. The number of benzene rings is 1. The fourth-order valence-corrected chi connectivity index (χ4v) is 3.73. The van der Waals surface area contributed by atoms with Crippen molar-refractivity contribution in [1.82, 2.24) is 9.97 Å². The molecule has 1 aliphatic heterocycles. The molecule has 2 fully saturated rings. The predicted octanol–water partition coefficient (Wildman–Crippen LogP) is 1.74. The van der Waals surface area contributed by atoms with E-state index in [1.54, 1.807) is 12.1 Å². The molecular formula is C16H18FN3O2. The van der Waals surface area contributed by atoms with Crippen LogP contribution in [-0.2, 0) is 4.74 Å². The maximum Gasteiger partial charge on any atom is 0.143 e. The van der Waals surface area contributed by atoms with Gasteiger partial charge in [-0.15, -0.1) is 0 Å². The van der Waals surface area contributed by atoms with Crippen molar-refractivity contribution in [3.63, 3.8) is 0 Å². The van der Waals surface area contributed by atoms with Crippen LogP contribution in [0, 0.1) is 11.7 Å². The highest BCUT2D eigenvalue weighted by atomic mass is 19.1. The van der Waals surface area contributed by atoms with Crippen molar-refractivity contribution in [2.45, 2.75) is 25.0 Å². The predicted molar refractivity (Wildman–Crippen MR) is 80.2 cm³/mol. The van der Waals surface area contributed by atoms with Crippen LogP contribution in [0.25, 0.3) is 10.9 Å². The summed E-state index contributed by atoms with van der Waals surface area (Å²) in [6, 6.07) is 5.04. The Kier molecular flexibility index (Phi) is 3.43. The van der Waals surface area contributed by atoms with Gasteiger partial charge in [-0.3, -0.25) is 0 Å². The summed E-state index contributed by atoms with van der Waals surface area (Å²) in [5.74, 6) is 0.585. The molecule has 0 unspecified atom stereocenters. The molecule has 1 aromatic heterocycles. The number of morpholine rings is 1. The molecule has 2 heterocycles. The number of rotatable bonds is 2. The average molecular weight is 303 g/mol. The van der Waals surface area contributed by atoms with Gasteiger partial charge >= 0.3 is 0 Å². The van der Waals surface area contributed by atoms with E-state index in [4.69, 9.17) is 4.74 Å². The standard InChI is InChI=1S/C16H18FN3O2/c17-11-2-1-3-12-15(11)16(19-9-18-12)20-4-5-22-14-7-10(8-21)6-13(14)20/h1-3,9-10,13-14,21H,4-8H2/t10-,13+,14+/m1/s1. The SMILES string of the molecule is OC[C@H]1C[C@@H]2OCCN(c3ncnc4cccc(F)c34)[C@H]2C1. The fraction of sp³-hybridized carbons (Fsp3) is 0.500. The van der Waals surface area contributed by atoms with Crippen LogP contribution in [-0.4, -0.2) is 47.0 Å². The molecule has 6 heteroatoms. The van der Waals surface area contributed by atoms with E-state index in [0.29, 0.717) is 29.9 Å². The quantitative estimate of drug-likeness (QED) is 0.916. The van der Waals surface area contributed by atoms with E-state index in [9.17, 15) is 9.50 Å². The Morgan fingerprint density at radius 2 is 2.23 bits per heavy atom. The van der Waals surface area contributed by atoms with Crippen LogP contribution in [0.2, 0.25) is 0 Å². The summed E-state index contributed by atoms with van der Waals surface area (Å²) in [4.78, 5) is 10.7. The van der Waals surface area contributed by atoms with Crippen LogP contribution in [0.1, 0.15) is 12.8 Å². The summed E-state index contributed by atoms with van der Waals surface area (Å²) >= 11 is 0. The lowest BCUT2D eigenvalue weighted by Crippen LogP contribution is -2.49. The van der Waals surface area contributed by atoms with Crippen LogP contribution < -0.4 is 4.90 Å². The van der Waals surface area contributed by atoms with Crippen molar-refractivity contribution < 1.29 is 14.2 Å². The molecular weight excluding hydrogens is 285 g/mol. The van der Waals surface area contributed by atoms with Gasteiger partial charge in [0.2, 0.25) is 0 Å². The Labute approximate surface area is 127 Å². The van der Waals surface area contributed by atoms with Crippen LogP contribution >= 0.6 is 0 Å². The van der Waals surface area contributed by atoms with Gasteiger partial charge in [-0.2, -0.15) is 0 Å². The Morgan fingerprint density at radius 3 is 3.09 bits per heavy atom. The first-order valence-electron chi connectivity index (χ1n) is 7.66. The van der Waals surface area contributed by atoms with Crippen LogP contribution in [0.15, 0.2) is 24.5 Å². The van der Waals surface area contributed by atoms with Crippen molar-refractivity contribution in [2.75, 3.05) is 24.7 Å². The van der Waals surface area contributed by atoms with Crippen LogP contribution in [0.4, 0.5) is 10.2 Å². The largest absolute Gasteiger partial charge is 0.396 e. The molecule has 1 aliphatic carbocycles. The second kappa shape index (κ2) is 5.44. The van der Waals surface area contributed by atoms with Gasteiger partial charge in [-0.25, -0.2) is 14.4 Å². The number of hydrogen-bond donors (Lipinski definition) is 1. The smallest absolute Gasteiger partial charge is 0.143 e. The van der Waals surface area contributed by atoms with Gasteiger partial charge in [0.25, 0.3) is 0 Å². The zero-order chi connectivity index (χ0) is 15.1. The van der Waals surface area contributed by atoms with Gasteiger partial charge < -0.3 is 14.7 Å². The molecule has 22 heavy (non-hydrogen) atoms. The maximum absolute atomic E-state index is 14.3. The fourth-order valence-electron chi connectivity index (χ4n) is 3.73. The lowest BCUT2D eigenvalue weighted by molar-refractivity contribution is 0.0229. The highest BCUT2D eigenvalue weighted by Crippen LogP contribution is 2.38. The Morgan fingerprint density at radius 1 is 1.32 bits per heavy atom. The van der Waals surface area contributed by atoms with Gasteiger partial charge in [0.05, 0.1) is 29.7 Å². The van der Waals surface area contributed by atoms with Crippen molar-refractivity contribution in [1.29, 1.82) is 0 Å². The first-order chi connectivity index (χ1) is 10.8. The zero-order valence-corrected chi connectivity index (χ0v) is 12.2. The lowest BCUT2D eigenvalue weighted by Gasteiger charge is -2.38. The molecule has 0 amide bonds. The van der Waals surface area contributed by atoms with E-state index < -0.39 is 0 Å². The summed E-state index contributed by atoms with van der Waals surface area (Å²) in [6.07, 6.45) is 3.27. The van der Waals surface area contributed by atoms with E-state index in [-0.39, 0.29) is 30.5 Å². The third-order valence-corrected chi connectivity index (χ3v) is 4.76. The number of nitrogens with zero attached hydrogens (tertiary/aromatic N) is 3. The van der Waals surface area contributed by atoms with Gasteiger partial charge in [0.15, 0.2) is 0 Å². The highest BCUT2D eigenvalue weighted by molar-refractivity contribution is 5.90. The maximum atomic E-state index is 14.3. The van der Waals surface area contributed by atoms with E-state index in [1.165, 1.54) is 12.4 Å². The zero-order valence-electron chi connectivity index (χ0n) is 12.2. The van der Waals surface area contributed by atoms with Crippen LogP contribution in [0.3, 0.4) is 0 Å². The first-order valence-corrected chi connectivity index (χ1v) is 7.66. The minimum Gasteiger partial charge on any atom is -0.396 e. The van der Waals surface area contributed by atoms with Gasteiger partial charge in [0, 0.05) is 13.2 Å². The third-order valence-electron chi connectivity index (χ3n) is 4.76. The Balaban J connectivity index is 1.78. The summed E-state index contributed by atoms with van der Waals surface area (Å²) in [6.45, 7) is 1.45. The minimum absolute atomic E-state index is 0.0858. The Bertz CT molecular complexity index is 691. The molecule has 2 aliphatic rings. The van der Waals surface area contributed by atoms with E-state index in [1.807, 2.05) is 0 Å². The molecule has 4 rings (SSSR count). The summed E-state index contributed by atoms with van der Waals surface area (Å²) in [5.41, 5.74) is 0.616. The monoisotopic (exact) mass is 303 g/mol. The van der Waals surface area contributed by atoms with Crippen molar-refractivity contribution >= 4 is 16.7 Å². The van der Waals surface area contributed by atoms with Gasteiger partial charge in [0.1, 0.15) is 18.0 Å². The molecule has 1 aromatic carbocycles. The normalized spacial score (nSPS) is 28.1. The van der Waals surface area contributed by atoms with Crippen molar-refractivity contribution in [2.24, 2.45) is 5.92 Å². The number of aromatic nitrogens is 2. The summed E-state index contributed by atoms with van der Waals surface area (Å²) in [5, 5.41) is 9.90. The molecule has 116 valence electrons. The number of ether oxygens (including phenoxy) is 1. The van der Waals surface area contributed by atoms with Crippen LogP contribution in [0.5, 0.6) is 0 Å². The van der Waals surface area contributed by atoms with Crippen molar-refractivity contribution in [3.8, 4) is 0 Å². The van der Waals surface area contributed by atoms with Gasteiger partial charge in [-0.05, 0) is 30.9 Å². The van der Waals surface area contributed by atoms with E-state index in [2.05, 4.69) is 14.9 Å². The molecule has 1 saturated heterocycles. The topological polar surface area (TPSA) is 58.5 Å². The number of aliphatic hydroxyl groups is 1. The first kappa shape index (κ1) is 13.8. The third kappa shape index (κ3) is 2.14. The molecule has 2 aromatic rings. The second-order valence-electron chi connectivity index (χ2n) is 6.02. The molecule has 3 atom stereocenters. The Hall–Kier alpha value is -1.79. The summed E-state index contributed by atoms with van der Waals surface area (Å²) < 4.78 is 20.1. The highest BCUT2D eigenvalue weighted by Gasteiger charge is 2.41. The number of hydrogen-bond acceptors (Lipinski definition) is 5. The number of fused-ring (bicyclic) bond motifs is 2. The number of halogens is 1. The molecule has 5 nitrogen and oxygen atoms in total. The molecule has 0 spiro atoms. The lowest BCUT2D eigenvalue weighted by atomic mass is 10.1. The second-order valence-corrected chi connectivity index (χ2v) is 6.02. The number of aliphatic hydroxyl groups excluding tert-OH is 1. The molecule has 1 saturated carbocycles. The molecule has 0 radical (unpaired) electrons. The van der Waals surface area contributed by atoms with E-state index >= 15 is 0 Å². The average Bonchev–Trinajstić information content (AvgIpc) is 2.98. The van der Waals surface area contributed by atoms with Crippen molar-refractivity contribution in [3.05, 3.63) is 30.3 Å². The van der Waals surface area contributed by atoms with Gasteiger partial charge in [-0.1, -0.05) is 6.07 Å².